The van der Waals surface area contributed by atoms with Crippen LogP contribution in [0.4, 0.5) is 15.8 Å². The first-order valence-electron chi connectivity index (χ1n) is 10.4. The molecular formula is C22H26FN5. The molecule has 1 saturated carbocycles. The highest BCUT2D eigenvalue weighted by Gasteiger charge is 2.29. The van der Waals surface area contributed by atoms with E-state index in [-0.39, 0.29) is 5.82 Å². The summed E-state index contributed by atoms with van der Waals surface area (Å²) in [6, 6.07) is 11.2. The molecule has 1 N–H and O–H groups in total. The highest BCUT2D eigenvalue weighted by Crippen LogP contribution is 2.31. The third kappa shape index (κ3) is 3.61. The summed E-state index contributed by atoms with van der Waals surface area (Å²) in [7, 11) is 0. The molecule has 3 heterocycles. The molecule has 2 fully saturated rings. The summed E-state index contributed by atoms with van der Waals surface area (Å²) < 4.78 is 15.2. The molecule has 5 nitrogen and oxygen atoms in total. The summed E-state index contributed by atoms with van der Waals surface area (Å²) >= 11 is 0. The van der Waals surface area contributed by atoms with Crippen LogP contribution in [0.3, 0.4) is 0 Å². The van der Waals surface area contributed by atoms with E-state index in [9.17, 15) is 4.39 Å². The Bertz CT molecular complexity index is 954. The van der Waals surface area contributed by atoms with E-state index in [1.54, 1.807) is 6.07 Å². The van der Waals surface area contributed by atoms with E-state index in [4.69, 9.17) is 10.1 Å². The number of hydrogen-bond acceptors (Lipinski definition) is 4. The minimum atomic E-state index is -0.252. The second kappa shape index (κ2) is 7.51. The summed E-state index contributed by atoms with van der Waals surface area (Å²) in [4.78, 5) is 7.45. The van der Waals surface area contributed by atoms with Gasteiger partial charge in [-0.15, -0.1) is 0 Å². The quantitative estimate of drug-likeness (QED) is 0.712. The fourth-order valence-corrected chi connectivity index (χ4v) is 4.67. The van der Waals surface area contributed by atoms with Crippen LogP contribution >= 0.6 is 0 Å². The van der Waals surface area contributed by atoms with Gasteiger partial charge in [-0.1, -0.05) is 18.9 Å². The average Bonchev–Trinajstić information content (AvgIpc) is 3.38. The number of nitrogens with zero attached hydrogens (tertiary/aromatic N) is 4. The van der Waals surface area contributed by atoms with Crippen LogP contribution in [0.25, 0.3) is 5.65 Å². The smallest absolute Gasteiger partial charge is 0.155 e. The molecule has 1 aromatic carbocycles. The second-order valence-corrected chi connectivity index (χ2v) is 8.07. The molecule has 0 amide bonds. The SMILES string of the molecule is Fc1cccc(Nc2ccc3nc(C4CCN(C5CCCC5)CC4)nn3c2)c1. The standard InChI is InChI=1S/C22H26FN5/c23-17-4-3-5-18(14-17)24-19-8-9-21-25-22(26-28(21)15-19)16-10-12-27(13-11-16)20-6-1-2-7-20/h3-5,8-9,14-16,20,24H,1-2,6-7,10-13H2. The molecule has 6 heteroatoms. The zero-order valence-corrected chi connectivity index (χ0v) is 16.0. The minimum Gasteiger partial charge on any atom is -0.354 e. The average molecular weight is 379 g/mol. The molecule has 146 valence electrons. The van der Waals surface area contributed by atoms with Crippen LogP contribution in [0, 0.1) is 5.82 Å². The summed E-state index contributed by atoms with van der Waals surface area (Å²) in [5.74, 6) is 1.14. The Morgan fingerprint density at radius 1 is 0.964 bits per heavy atom. The van der Waals surface area contributed by atoms with Crippen LogP contribution in [0.1, 0.15) is 50.3 Å². The maximum absolute atomic E-state index is 13.4. The normalized spacial score (nSPS) is 19.5. The van der Waals surface area contributed by atoms with E-state index in [2.05, 4.69) is 10.2 Å². The number of fused-ring (bicyclic) bond motifs is 1. The van der Waals surface area contributed by atoms with E-state index in [0.717, 1.165) is 54.8 Å². The zero-order chi connectivity index (χ0) is 18.9. The lowest BCUT2D eigenvalue weighted by molar-refractivity contribution is 0.152. The first kappa shape index (κ1) is 17.6. The third-order valence-corrected chi connectivity index (χ3v) is 6.20. The Morgan fingerprint density at radius 3 is 2.57 bits per heavy atom. The van der Waals surface area contributed by atoms with E-state index in [1.165, 1.54) is 37.8 Å². The molecule has 2 aromatic heterocycles. The maximum atomic E-state index is 13.4. The Morgan fingerprint density at radius 2 is 1.79 bits per heavy atom. The number of pyridine rings is 1. The van der Waals surface area contributed by atoms with Gasteiger partial charge in [-0.25, -0.2) is 13.9 Å². The van der Waals surface area contributed by atoms with E-state index >= 15 is 0 Å². The molecule has 2 aliphatic rings. The molecule has 1 saturated heterocycles. The molecule has 0 spiro atoms. The van der Waals surface area contributed by atoms with Crippen LogP contribution in [0.5, 0.6) is 0 Å². The fraction of sp³-hybridized carbons (Fsp3) is 0.455. The lowest BCUT2D eigenvalue weighted by atomic mass is 9.95. The monoisotopic (exact) mass is 379 g/mol. The lowest BCUT2D eigenvalue weighted by Gasteiger charge is -2.35. The Labute approximate surface area is 164 Å². The van der Waals surface area contributed by atoms with Crippen molar-refractivity contribution in [3.63, 3.8) is 0 Å². The van der Waals surface area contributed by atoms with Gasteiger partial charge in [-0.05, 0) is 69.1 Å². The van der Waals surface area contributed by atoms with E-state index in [1.807, 2.05) is 28.9 Å². The Balaban J connectivity index is 1.29. The lowest BCUT2D eigenvalue weighted by Crippen LogP contribution is -2.39. The number of aromatic nitrogens is 3. The van der Waals surface area contributed by atoms with Crippen molar-refractivity contribution in [2.45, 2.75) is 50.5 Å². The predicted molar refractivity (Wildman–Crippen MR) is 108 cm³/mol. The predicted octanol–water partition coefficient (Wildman–Crippen LogP) is 4.73. The van der Waals surface area contributed by atoms with Gasteiger partial charge in [-0.2, -0.15) is 5.10 Å². The molecule has 0 radical (unpaired) electrons. The molecule has 28 heavy (non-hydrogen) atoms. The van der Waals surface area contributed by atoms with Gasteiger partial charge < -0.3 is 10.2 Å². The third-order valence-electron chi connectivity index (χ3n) is 6.20. The van der Waals surface area contributed by atoms with Gasteiger partial charge in [0.2, 0.25) is 0 Å². The van der Waals surface area contributed by atoms with Crippen LogP contribution in [0.15, 0.2) is 42.6 Å². The summed E-state index contributed by atoms with van der Waals surface area (Å²) in [6.45, 7) is 2.33. The Hall–Kier alpha value is -2.47. The highest BCUT2D eigenvalue weighted by atomic mass is 19.1. The van der Waals surface area contributed by atoms with Crippen LogP contribution in [0.2, 0.25) is 0 Å². The Kier molecular flexibility index (Phi) is 4.72. The highest BCUT2D eigenvalue weighted by molar-refractivity contribution is 5.60. The summed E-state index contributed by atoms with van der Waals surface area (Å²) in [5, 5.41) is 7.98. The number of halogens is 1. The van der Waals surface area contributed by atoms with Crippen LogP contribution in [-0.4, -0.2) is 38.6 Å². The van der Waals surface area contributed by atoms with Crippen molar-refractivity contribution in [2.75, 3.05) is 18.4 Å². The van der Waals surface area contributed by atoms with Gasteiger partial charge in [0.05, 0.1) is 11.9 Å². The van der Waals surface area contributed by atoms with Gasteiger partial charge in [-0.3, -0.25) is 0 Å². The van der Waals surface area contributed by atoms with Crippen molar-refractivity contribution in [1.82, 2.24) is 19.5 Å². The number of nitrogens with one attached hydrogen (secondary N) is 1. The zero-order valence-electron chi connectivity index (χ0n) is 16.0. The number of rotatable bonds is 4. The molecule has 0 atom stereocenters. The number of piperidine rings is 1. The first-order chi connectivity index (χ1) is 13.7. The van der Waals surface area contributed by atoms with Gasteiger partial charge in [0.1, 0.15) is 5.82 Å². The van der Waals surface area contributed by atoms with Gasteiger partial charge in [0.25, 0.3) is 0 Å². The molecular weight excluding hydrogens is 353 g/mol. The van der Waals surface area contributed by atoms with Crippen molar-refractivity contribution in [2.24, 2.45) is 0 Å². The fourth-order valence-electron chi connectivity index (χ4n) is 4.67. The second-order valence-electron chi connectivity index (χ2n) is 8.07. The van der Waals surface area contributed by atoms with Gasteiger partial charge >= 0.3 is 0 Å². The van der Waals surface area contributed by atoms with Crippen molar-refractivity contribution in [3.8, 4) is 0 Å². The maximum Gasteiger partial charge on any atom is 0.155 e. The van der Waals surface area contributed by atoms with Crippen molar-refractivity contribution in [3.05, 3.63) is 54.2 Å². The number of likely N-dealkylation sites (tertiary alicyclic amines) is 1. The molecule has 0 unspecified atom stereocenters. The van der Waals surface area contributed by atoms with Crippen LogP contribution in [-0.2, 0) is 0 Å². The largest absolute Gasteiger partial charge is 0.354 e. The molecule has 0 bridgehead atoms. The van der Waals surface area contributed by atoms with Crippen molar-refractivity contribution >= 4 is 17.0 Å². The van der Waals surface area contributed by atoms with E-state index < -0.39 is 0 Å². The first-order valence-corrected chi connectivity index (χ1v) is 10.4. The molecule has 1 aliphatic heterocycles. The summed E-state index contributed by atoms with van der Waals surface area (Å²) in [6.07, 6.45) is 9.74. The number of anilines is 2. The van der Waals surface area contributed by atoms with Gasteiger partial charge in [0.15, 0.2) is 11.5 Å². The van der Waals surface area contributed by atoms with Crippen molar-refractivity contribution in [1.29, 1.82) is 0 Å². The number of benzene rings is 1. The van der Waals surface area contributed by atoms with E-state index in [0.29, 0.717) is 5.92 Å². The molecule has 5 rings (SSSR count). The van der Waals surface area contributed by atoms with Crippen molar-refractivity contribution < 1.29 is 4.39 Å². The molecule has 1 aliphatic carbocycles. The van der Waals surface area contributed by atoms with Crippen LogP contribution < -0.4 is 5.32 Å². The summed E-state index contributed by atoms with van der Waals surface area (Å²) in [5.41, 5.74) is 2.45. The molecule has 3 aromatic rings. The van der Waals surface area contributed by atoms with Gasteiger partial charge in [0, 0.05) is 17.6 Å². The number of hydrogen-bond donors (Lipinski definition) is 1. The topological polar surface area (TPSA) is 45.5 Å². The minimum absolute atomic E-state index is 0.252.